The largest absolute Gasteiger partial charge is 0.462 e. The van der Waals surface area contributed by atoms with Crippen molar-refractivity contribution in [2.45, 2.75) is 6.92 Å². The zero-order chi connectivity index (χ0) is 17.4. The van der Waals surface area contributed by atoms with Gasteiger partial charge in [0.05, 0.1) is 17.7 Å². The fraction of sp³-hybridized carbons (Fsp3) is 0.136. The third kappa shape index (κ3) is 2.40. The van der Waals surface area contributed by atoms with Crippen LogP contribution in [-0.2, 0) is 11.8 Å². The first-order valence-electron chi connectivity index (χ1n) is 8.45. The van der Waals surface area contributed by atoms with Crippen LogP contribution in [0.3, 0.4) is 0 Å². The van der Waals surface area contributed by atoms with Gasteiger partial charge in [-0.05, 0) is 24.6 Å². The van der Waals surface area contributed by atoms with Crippen LogP contribution in [0.1, 0.15) is 17.3 Å². The molecule has 0 aliphatic carbocycles. The predicted octanol–water partition coefficient (Wildman–Crippen LogP) is 5.18. The number of fused-ring (bicyclic) bond motifs is 3. The van der Waals surface area contributed by atoms with Crippen LogP contribution in [0.25, 0.3) is 32.9 Å². The summed E-state index contributed by atoms with van der Waals surface area (Å²) in [5, 5.41) is 2.33. The van der Waals surface area contributed by atoms with Crippen molar-refractivity contribution in [3.8, 4) is 11.1 Å². The lowest BCUT2D eigenvalue weighted by Crippen LogP contribution is -2.07. The summed E-state index contributed by atoms with van der Waals surface area (Å²) in [6.07, 6.45) is 0. The van der Waals surface area contributed by atoms with Gasteiger partial charge in [0.25, 0.3) is 0 Å². The molecule has 0 unspecified atom stereocenters. The molecule has 3 heteroatoms. The number of nitrogens with zero attached hydrogens (tertiary/aromatic N) is 1. The van der Waals surface area contributed by atoms with Crippen LogP contribution in [0.15, 0.2) is 66.7 Å². The van der Waals surface area contributed by atoms with E-state index in [0.29, 0.717) is 12.2 Å². The van der Waals surface area contributed by atoms with Crippen LogP contribution < -0.4 is 0 Å². The number of benzene rings is 3. The number of aromatic nitrogens is 1. The van der Waals surface area contributed by atoms with Crippen LogP contribution in [0.5, 0.6) is 0 Å². The van der Waals surface area contributed by atoms with E-state index >= 15 is 0 Å². The highest BCUT2D eigenvalue weighted by Gasteiger charge is 2.20. The van der Waals surface area contributed by atoms with E-state index < -0.39 is 0 Å². The molecule has 0 spiro atoms. The molecule has 124 valence electrons. The molecule has 4 aromatic rings. The first kappa shape index (κ1) is 15.5. The van der Waals surface area contributed by atoms with Crippen molar-refractivity contribution in [3.63, 3.8) is 0 Å². The van der Waals surface area contributed by atoms with Crippen molar-refractivity contribution in [1.82, 2.24) is 4.57 Å². The number of hydrogen-bond donors (Lipinski definition) is 0. The average molecular weight is 329 g/mol. The molecule has 0 amide bonds. The van der Waals surface area contributed by atoms with Gasteiger partial charge in [-0.1, -0.05) is 54.6 Å². The predicted molar refractivity (Wildman–Crippen MR) is 102 cm³/mol. The molecule has 0 aliphatic heterocycles. The minimum absolute atomic E-state index is 0.284. The maximum atomic E-state index is 12.6. The fourth-order valence-corrected chi connectivity index (χ4v) is 3.55. The third-order valence-corrected chi connectivity index (χ3v) is 4.63. The van der Waals surface area contributed by atoms with Crippen LogP contribution in [0.2, 0.25) is 0 Å². The maximum absolute atomic E-state index is 12.6. The van der Waals surface area contributed by atoms with Crippen molar-refractivity contribution in [3.05, 3.63) is 72.3 Å². The number of para-hydroxylation sites is 1. The zero-order valence-electron chi connectivity index (χ0n) is 14.3. The Labute approximate surface area is 146 Å². The van der Waals surface area contributed by atoms with Gasteiger partial charge >= 0.3 is 5.97 Å². The number of rotatable bonds is 3. The number of ether oxygens (including phenoxy) is 1. The summed E-state index contributed by atoms with van der Waals surface area (Å²) in [4.78, 5) is 12.6. The van der Waals surface area contributed by atoms with Gasteiger partial charge in [-0.2, -0.15) is 0 Å². The molecule has 0 radical (unpaired) electrons. The molecule has 1 heterocycles. The molecule has 0 N–H and O–H groups in total. The van der Waals surface area contributed by atoms with E-state index in [1.54, 1.807) is 0 Å². The molecule has 0 saturated carbocycles. The Morgan fingerprint density at radius 1 is 0.920 bits per heavy atom. The Hall–Kier alpha value is -3.07. The summed E-state index contributed by atoms with van der Waals surface area (Å²) in [6.45, 7) is 2.19. The van der Waals surface area contributed by atoms with E-state index in [4.69, 9.17) is 4.74 Å². The van der Waals surface area contributed by atoms with E-state index in [0.717, 1.165) is 27.5 Å². The minimum atomic E-state index is -0.284. The molecule has 3 nitrogen and oxygen atoms in total. The zero-order valence-corrected chi connectivity index (χ0v) is 14.3. The highest BCUT2D eigenvalue weighted by Crippen LogP contribution is 2.37. The summed E-state index contributed by atoms with van der Waals surface area (Å²) < 4.78 is 7.47. The highest BCUT2D eigenvalue weighted by atomic mass is 16.5. The van der Waals surface area contributed by atoms with E-state index in [2.05, 4.69) is 16.7 Å². The number of aryl methyl sites for hydroxylation is 1. The van der Waals surface area contributed by atoms with Gasteiger partial charge in [0.15, 0.2) is 0 Å². The number of esters is 1. The minimum Gasteiger partial charge on any atom is -0.462 e. The van der Waals surface area contributed by atoms with Crippen molar-refractivity contribution in [2.24, 2.45) is 7.05 Å². The van der Waals surface area contributed by atoms with Crippen molar-refractivity contribution in [1.29, 1.82) is 0 Å². The standard InChI is InChI=1S/C22H19NO2/c1-3-25-22(24)18-14-13-17-16-11-7-8-12-19(16)23(2)21(17)20(18)15-9-5-4-6-10-15/h4-14H,3H2,1-2H3. The highest BCUT2D eigenvalue weighted by molar-refractivity contribution is 6.16. The molecule has 0 saturated heterocycles. The second kappa shape index (κ2) is 6.10. The van der Waals surface area contributed by atoms with E-state index in [1.165, 1.54) is 5.39 Å². The molecule has 3 aromatic carbocycles. The van der Waals surface area contributed by atoms with Gasteiger partial charge in [0, 0.05) is 28.9 Å². The topological polar surface area (TPSA) is 31.2 Å². The normalized spacial score (nSPS) is 11.1. The fourth-order valence-electron chi connectivity index (χ4n) is 3.55. The van der Waals surface area contributed by atoms with Gasteiger partial charge in [-0.15, -0.1) is 0 Å². The van der Waals surface area contributed by atoms with Gasteiger partial charge in [0.2, 0.25) is 0 Å². The Bertz CT molecular complexity index is 1080. The summed E-state index contributed by atoms with van der Waals surface area (Å²) in [7, 11) is 2.05. The number of hydrogen-bond acceptors (Lipinski definition) is 2. The Balaban J connectivity index is 2.15. The van der Waals surface area contributed by atoms with Crippen LogP contribution >= 0.6 is 0 Å². The van der Waals surface area contributed by atoms with E-state index in [9.17, 15) is 4.79 Å². The summed E-state index contributed by atoms with van der Waals surface area (Å²) in [6, 6.07) is 22.3. The number of carbonyl (C=O) groups excluding carboxylic acids is 1. The Morgan fingerprint density at radius 2 is 1.64 bits per heavy atom. The van der Waals surface area contributed by atoms with E-state index in [-0.39, 0.29) is 5.97 Å². The molecule has 0 aliphatic rings. The average Bonchev–Trinajstić information content (AvgIpc) is 2.95. The van der Waals surface area contributed by atoms with E-state index in [1.807, 2.05) is 68.6 Å². The van der Waals surface area contributed by atoms with Crippen LogP contribution in [0.4, 0.5) is 0 Å². The maximum Gasteiger partial charge on any atom is 0.338 e. The molecule has 1 aromatic heterocycles. The summed E-state index contributed by atoms with van der Waals surface area (Å²) >= 11 is 0. The lowest BCUT2D eigenvalue weighted by Gasteiger charge is -2.12. The first-order chi connectivity index (χ1) is 12.2. The van der Waals surface area contributed by atoms with Crippen molar-refractivity contribution >= 4 is 27.8 Å². The van der Waals surface area contributed by atoms with Crippen LogP contribution in [-0.4, -0.2) is 17.1 Å². The van der Waals surface area contributed by atoms with Gasteiger partial charge in [-0.25, -0.2) is 4.79 Å². The van der Waals surface area contributed by atoms with Gasteiger partial charge in [0.1, 0.15) is 0 Å². The lowest BCUT2D eigenvalue weighted by atomic mass is 9.96. The molecule has 0 atom stereocenters. The van der Waals surface area contributed by atoms with Crippen LogP contribution in [0, 0.1) is 0 Å². The first-order valence-corrected chi connectivity index (χ1v) is 8.45. The van der Waals surface area contributed by atoms with Crippen molar-refractivity contribution in [2.75, 3.05) is 6.61 Å². The quantitative estimate of drug-likeness (QED) is 0.485. The summed E-state index contributed by atoms with van der Waals surface area (Å²) in [5.74, 6) is -0.284. The summed E-state index contributed by atoms with van der Waals surface area (Å²) in [5.41, 5.74) is 4.75. The van der Waals surface area contributed by atoms with Gasteiger partial charge < -0.3 is 9.30 Å². The smallest absolute Gasteiger partial charge is 0.338 e. The Morgan fingerprint density at radius 3 is 2.40 bits per heavy atom. The molecule has 0 fully saturated rings. The second-order valence-corrected chi connectivity index (χ2v) is 6.05. The molecular weight excluding hydrogens is 310 g/mol. The monoisotopic (exact) mass is 329 g/mol. The molecule has 4 rings (SSSR count). The van der Waals surface area contributed by atoms with Gasteiger partial charge in [-0.3, -0.25) is 0 Å². The molecule has 0 bridgehead atoms. The Kier molecular flexibility index (Phi) is 3.77. The molecule has 25 heavy (non-hydrogen) atoms. The number of carbonyl (C=O) groups is 1. The van der Waals surface area contributed by atoms with Crippen molar-refractivity contribution < 1.29 is 9.53 Å². The lowest BCUT2D eigenvalue weighted by molar-refractivity contribution is 0.0527. The SMILES string of the molecule is CCOC(=O)c1ccc2c3ccccc3n(C)c2c1-c1ccccc1. The third-order valence-electron chi connectivity index (χ3n) is 4.63. The molecular formula is C22H19NO2. The second-order valence-electron chi connectivity index (χ2n) is 6.05.